The summed E-state index contributed by atoms with van der Waals surface area (Å²) >= 11 is 0. The first-order valence-electron chi connectivity index (χ1n) is 9.08. The molecule has 2 atom stereocenters. The van der Waals surface area contributed by atoms with E-state index < -0.39 is 9.84 Å². The summed E-state index contributed by atoms with van der Waals surface area (Å²) in [4.78, 5) is 6.58. The van der Waals surface area contributed by atoms with Crippen LogP contribution in [0, 0.1) is 0 Å². The average molecular weight is 378 g/mol. The van der Waals surface area contributed by atoms with Crippen LogP contribution in [0.3, 0.4) is 0 Å². The molecule has 2 aromatic rings. The van der Waals surface area contributed by atoms with Crippen molar-refractivity contribution in [2.24, 2.45) is 0 Å². The Kier molecular flexibility index (Phi) is 5.79. The molecule has 1 aromatic carbocycles. The molecule has 6 nitrogen and oxygen atoms in total. The first-order chi connectivity index (χ1) is 12.4. The summed E-state index contributed by atoms with van der Waals surface area (Å²) in [6.45, 7) is 8.61. The molecule has 0 N–H and O–H groups in total. The highest BCUT2D eigenvalue weighted by Crippen LogP contribution is 2.19. The van der Waals surface area contributed by atoms with Gasteiger partial charge in [0.1, 0.15) is 0 Å². The van der Waals surface area contributed by atoms with Crippen LogP contribution >= 0.6 is 0 Å². The predicted molar refractivity (Wildman–Crippen MR) is 101 cm³/mol. The number of imidazole rings is 1. The molecule has 2 heterocycles. The molecule has 3 rings (SSSR count). The van der Waals surface area contributed by atoms with Gasteiger partial charge in [-0.15, -0.1) is 0 Å². The van der Waals surface area contributed by atoms with Crippen molar-refractivity contribution in [1.82, 2.24) is 14.5 Å². The third-order valence-electron chi connectivity index (χ3n) is 4.62. The first kappa shape index (κ1) is 19.1. The van der Waals surface area contributed by atoms with Gasteiger partial charge < -0.3 is 9.30 Å². The van der Waals surface area contributed by atoms with Gasteiger partial charge in [-0.3, -0.25) is 4.90 Å². The van der Waals surface area contributed by atoms with Crippen LogP contribution in [0.2, 0.25) is 0 Å². The second kappa shape index (κ2) is 7.90. The summed E-state index contributed by atoms with van der Waals surface area (Å²) in [7, 11) is -3.38. The minimum atomic E-state index is -3.38. The molecule has 0 spiro atoms. The van der Waals surface area contributed by atoms with E-state index in [9.17, 15) is 8.42 Å². The van der Waals surface area contributed by atoms with Gasteiger partial charge in [-0.2, -0.15) is 0 Å². The third kappa shape index (κ3) is 4.34. The molecule has 1 aliphatic rings. The number of nitrogens with zero attached hydrogens (tertiary/aromatic N) is 3. The van der Waals surface area contributed by atoms with E-state index in [0.29, 0.717) is 13.1 Å². The fourth-order valence-corrected chi connectivity index (χ4v) is 4.46. The van der Waals surface area contributed by atoms with E-state index in [4.69, 9.17) is 4.74 Å². The number of ether oxygens (including phenoxy) is 1. The molecule has 7 heteroatoms. The highest BCUT2D eigenvalue weighted by Gasteiger charge is 2.26. The zero-order valence-electron chi connectivity index (χ0n) is 15.6. The topological polar surface area (TPSA) is 64.4 Å². The van der Waals surface area contributed by atoms with Gasteiger partial charge in [0, 0.05) is 19.6 Å². The number of hydrogen-bond acceptors (Lipinski definition) is 5. The molecule has 0 aliphatic carbocycles. The Labute approximate surface area is 155 Å². The van der Waals surface area contributed by atoms with E-state index in [1.807, 2.05) is 34.9 Å². The fraction of sp³-hybridized carbons (Fsp3) is 0.526. The maximum Gasteiger partial charge on any atom is 0.228 e. The van der Waals surface area contributed by atoms with Crippen LogP contribution in [0.5, 0.6) is 0 Å². The van der Waals surface area contributed by atoms with Crippen molar-refractivity contribution in [1.29, 1.82) is 0 Å². The van der Waals surface area contributed by atoms with Gasteiger partial charge >= 0.3 is 0 Å². The molecule has 1 fully saturated rings. The number of aromatic nitrogens is 2. The van der Waals surface area contributed by atoms with Gasteiger partial charge in [0.15, 0.2) is 0 Å². The van der Waals surface area contributed by atoms with Crippen LogP contribution in [0.4, 0.5) is 0 Å². The minimum absolute atomic E-state index is 0.0455. The van der Waals surface area contributed by atoms with E-state index in [2.05, 4.69) is 23.7 Å². The lowest BCUT2D eigenvalue weighted by atomic mass is 10.2. The zero-order chi connectivity index (χ0) is 18.7. The first-order valence-corrected chi connectivity index (χ1v) is 10.7. The van der Waals surface area contributed by atoms with E-state index >= 15 is 0 Å². The molecule has 0 radical (unpaired) electrons. The van der Waals surface area contributed by atoms with Crippen molar-refractivity contribution in [3.05, 3.63) is 47.8 Å². The van der Waals surface area contributed by atoms with Crippen LogP contribution in [0.25, 0.3) is 0 Å². The molecule has 26 heavy (non-hydrogen) atoms. The Bertz CT molecular complexity index is 823. The molecule has 0 saturated carbocycles. The molecular formula is C19H27N3O3S. The predicted octanol–water partition coefficient (Wildman–Crippen LogP) is 2.33. The summed E-state index contributed by atoms with van der Waals surface area (Å²) in [5.74, 6) is 0.0455. The van der Waals surface area contributed by atoms with Crippen molar-refractivity contribution in [2.45, 2.75) is 51.2 Å². The lowest BCUT2D eigenvalue weighted by molar-refractivity contribution is -0.0710. The van der Waals surface area contributed by atoms with Crippen LogP contribution < -0.4 is 0 Å². The highest BCUT2D eigenvalue weighted by atomic mass is 32.2. The molecule has 0 unspecified atom stereocenters. The summed E-state index contributed by atoms with van der Waals surface area (Å²) in [6, 6.07) is 9.89. The van der Waals surface area contributed by atoms with Gasteiger partial charge in [0.2, 0.25) is 15.0 Å². The summed E-state index contributed by atoms with van der Waals surface area (Å²) in [5.41, 5.74) is 1.98. The Morgan fingerprint density at radius 2 is 1.77 bits per heavy atom. The van der Waals surface area contributed by atoms with Crippen molar-refractivity contribution in [3.8, 4) is 0 Å². The third-order valence-corrected chi connectivity index (χ3v) is 6.27. The minimum Gasteiger partial charge on any atom is -0.373 e. The summed E-state index contributed by atoms with van der Waals surface area (Å²) < 4.78 is 32.7. The van der Waals surface area contributed by atoms with Gasteiger partial charge in [-0.1, -0.05) is 37.3 Å². The molecule has 0 bridgehead atoms. The largest absolute Gasteiger partial charge is 0.373 e. The lowest BCUT2D eigenvalue weighted by Crippen LogP contribution is -2.45. The number of hydrogen-bond donors (Lipinski definition) is 0. The van der Waals surface area contributed by atoms with E-state index in [-0.39, 0.29) is 23.1 Å². The zero-order valence-corrected chi connectivity index (χ0v) is 16.4. The molecular weight excluding hydrogens is 350 g/mol. The molecule has 1 saturated heterocycles. The SMILES string of the molecule is CCS(=O)(=O)c1ncc(CN2C[C@@H](C)O[C@@H](C)C2)n1Cc1ccccc1. The van der Waals surface area contributed by atoms with E-state index in [0.717, 1.165) is 24.3 Å². The highest BCUT2D eigenvalue weighted by molar-refractivity contribution is 7.91. The normalized spacial score (nSPS) is 21.8. The van der Waals surface area contributed by atoms with E-state index in [1.165, 1.54) is 0 Å². The van der Waals surface area contributed by atoms with Crippen molar-refractivity contribution < 1.29 is 13.2 Å². The fourth-order valence-electron chi connectivity index (χ4n) is 3.47. The summed E-state index contributed by atoms with van der Waals surface area (Å²) in [6.07, 6.45) is 2.04. The maximum absolute atomic E-state index is 12.5. The lowest BCUT2D eigenvalue weighted by Gasteiger charge is -2.35. The number of benzene rings is 1. The van der Waals surface area contributed by atoms with Gasteiger partial charge in [-0.05, 0) is 19.4 Å². The Balaban J connectivity index is 1.92. The second-order valence-electron chi connectivity index (χ2n) is 6.96. The Morgan fingerprint density at radius 3 is 2.38 bits per heavy atom. The number of sulfone groups is 1. The molecule has 142 valence electrons. The van der Waals surface area contributed by atoms with Crippen molar-refractivity contribution >= 4 is 9.84 Å². The molecule has 0 amide bonds. The second-order valence-corrected chi connectivity index (χ2v) is 9.13. The average Bonchev–Trinajstić information content (AvgIpc) is 2.98. The Morgan fingerprint density at radius 1 is 1.12 bits per heavy atom. The van der Waals surface area contributed by atoms with Gasteiger partial charge in [-0.25, -0.2) is 13.4 Å². The molecule has 1 aliphatic heterocycles. The van der Waals surface area contributed by atoms with Crippen LogP contribution in [0.1, 0.15) is 32.0 Å². The monoisotopic (exact) mass is 377 g/mol. The summed E-state index contributed by atoms with van der Waals surface area (Å²) in [5, 5.41) is 0.160. The van der Waals surface area contributed by atoms with E-state index in [1.54, 1.807) is 13.1 Å². The Hall–Kier alpha value is -1.70. The standard InChI is InChI=1S/C19H27N3O3S/c1-4-26(23,24)19-20-10-18(14-21-11-15(2)25-16(3)12-21)22(19)13-17-8-6-5-7-9-17/h5-10,15-16H,4,11-14H2,1-3H3/t15-,16+. The van der Waals surface area contributed by atoms with Gasteiger partial charge in [0.05, 0.1) is 36.4 Å². The smallest absolute Gasteiger partial charge is 0.228 e. The number of morpholine rings is 1. The molecule has 1 aromatic heterocycles. The van der Waals surface area contributed by atoms with Crippen molar-refractivity contribution in [3.63, 3.8) is 0 Å². The van der Waals surface area contributed by atoms with Crippen molar-refractivity contribution in [2.75, 3.05) is 18.8 Å². The quantitative estimate of drug-likeness (QED) is 0.773. The number of rotatable bonds is 6. The van der Waals surface area contributed by atoms with Gasteiger partial charge in [0.25, 0.3) is 0 Å². The van der Waals surface area contributed by atoms with Crippen LogP contribution in [-0.4, -0.2) is 53.9 Å². The van der Waals surface area contributed by atoms with Crippen LogP contribution in [-0.2, 0) is 27.7 Å². The van der Waals surface area contributed by atoms with Crippen LogP contribution in [0.15, 0.2) is 41.7 Å². The maximum atomic E-state index is 12.5.